The van der Waals surface area contributed by atoms with Crippen LogP contribution in [-0.4, -0.2) is 28.3 Å². The normalized spacial score (nSPS) is 23.0. The van der Waals surface area contributed by atoms with Crippen LogP contribution < -0.4 is 5.73 Å². The summed E-state index contributed by atoms with van der Waals surface area (Å²) < 4.78 is 0. The molecule has 0 aromatic carbocycles. The quantitative estimate of drug-likeness (QED) is 0.764. The van der Waals surface area contributed by atoms with Gasteiger partial charge in [-0.1, -0.05) is 33.1 Å². The molecule has 2 unspecified atom stereocenters. The first-order valence-corrected chi connectivity index (χ1v) is 7.21. The van der Waals surface area contributed by atoms with E-state index >= 15 is 0 Å². The smallest absolute Gasteiger partial charge is 0.0784 e. The zero-order valence-corrected chi connectivity index (χ0v) is 10.8. The van der Waals surface area contributed by atoms with Crippen molar-refractivity contribution in [3.8, 4) is 0 Å². The largest absolute Gasteiger partial charge is 0.391 e. The maximum Gasteiger partial charge on any atom is 0.0784 e. The number of rotatable bonds is 5. The van der Waals surface area contributed by atoms with Gasteiger partial charge in [-0.3, -0.25) is 0 Å². The first-order chi connectivity index (χ1) is 7.11. The summed E-state index contributed by atoms with van der Waals surface area (Å²) in [6, 6.07) is -0.00319. The summed E-state index contributed by atoms with van der Waals surface area (Å²) in [4.78, 5) is 0. The Morgan fingerprint density at radius 1 is 1.27 bits per heavy atom. The summed E-state index contributed by atoms with van der Waals surface area (Å²) in [5.41, 5.74) is 6.11. The molecular weight excluding hydrogens is 206 g/mol. The summed E-state index contributed by atoms with van der Waals surface area (Å²) in [7, 11) is 0. The zero-order chi connectivity index (χ0) is 11.3. The average molecular weight is 231 g/mol. The van der Waals surface area contributed by atoms with Gasteiger partial charge in [-0.05, 0) is 24.0 Å². The molecule has 1 saturated carbocycles. The second kappa shape index (κ2) is 6.77. The van der Waals surface area contributed by atoms with Crippen LogP contribution in [0.25, 0.3) is 0 Å². The lowest BCUT2D eigenvalue weighted by Gasteiger charge is -2.30. The molecular formula is C12H25NOS. The van der Waals surface area contributed by atoms with Crippen molar-refractivity contribution in [2.45, 2.75) is 63.3 Å². The number of hydrogen-bond donors (Lipinski definition) is 2. The Bertz CT molecular complexity index is 169. The molecule has 15 heavy (non-hydrogen) atoms. The molecule has 0 spiro atoms. The lowest BCUT2D eigenvalue weighted by Crippen LogP contribution is -2.43. The van der Waals surface area contributed by atoms with E-state index in [-0.39, 0.29) is 12.1 Å². The molecule has 1 rings (SSSR count). The van der Waals surface area contributed by atoms with Gasteiger partial charge in [0.25, 0.3) is 0 Å². The Labute approximate surface area is 98.0 Å². The highest BCUT2D eigenvalue weighted by atomic mass is 32.2. The molecule has 2 atom stereocenters. The number of hydrogen-bond acceptors (Lipinski definition) is 3. The minimum atomic E-state index is -0.319. The standard InChI is InChI=1S/C12H25NOS/c1-9(2)15-8-11(14)12(13)10-6-4-3-5-7-10/h9-12,14H,3-8,13H2,1-2H3. The summed E-state index contributed by atoms with van der Waals surface area (Å²) in [5.74, 6) is 1.34. The molecule has 3 N–H and O–H groups in total. The van der Waals surface area contributed by atoms with E-state index in [9.17, 15) is 5.11 Å². The van der Waals surface area contributed by atoms with Crippen LogP contribution >= 0.6 is 11.8 Å². The van der Waals surface area contributed by atoms with E-state index in [2.05, 4.69) is 13.8 Å². The summed E-state index contributed by atoms with van der Waals surface area (Å²) in [5, 5.41) is 10.6. The first kappa shape index (κ1) is 13.3. The second-order valence-corrected chi connectivity index (χ2v) is 6.53. The van der Waals surface area contributed by atoms with Crippen LogP contribution in [-0.2, 0) is 0 Å². The van der Waals surface area contributed by atoms with Crippen molar-refractivity contribution in [1.29, 1.82) is 0 Å². The van der Waals surface area contributed by atoms with Crippen LogP contribution in [0.3, 0.4) is 0 Å². The van der Waals surface area contributed by atoms with E-state index in [1.807, 2.05) is 0 Å². The van der Waals surface area contributed by atoms with Crippen molar-refractivity contribution in [3.05, 3.63) is 0 Å². The van der Waals surface area contributed by atoms with Crippen LogP contribution in [0.1, 0.15) is 46.0 Å². The van der Waals surface area contributed by atoms with Crippen molar-refractivity contribution in [2.24, 2.45) is 11.7 Å². The topological polar surface area (TPSA) is 46.2 Å². The van der Waals surface area contributed by atoms with E-state index in [1.54, 1.807) is 11.8 Å². The van der Waals surface area contributed by atoms with Gasteiger partial charge < -0.3 is 10.8 Å². The predicted molar refractivity (Wildman–Crippen MR) is 68.2 cm³/mol. The van der Waals surface area contributed by atoms with Gasteiger partial charge in [-0.25, -0.2) is 0 Å². The van der Waals surface area contributed by atoms with Crippen LogP contribution in [0.4, 0.5) is 0 Å². The minimum Gasteiger partial charge on any atom is -0.391 e. The van der Waals surface area contributed by atoms with Crippen molar-refractivity contribution in [2.75, 3.05) is 5.75 Å². The SMILES string of the molecule is CC(C)SCC(O)C(N)C1CCCCC1. The third-order valence-electron chi connectivity index (χ3n) is 3.24. The van der Waals surface area contributed by atoms with Gasteiger partial charge in [-0.15, -0.1) is 0 Å². The molecule has 0 saturated heterocycles. The van der Waals surface area contributed by atoms with Crippen LogP contribution in [0.2, 0.25) is 0 Å². The lowest BCUT2D eigenvalue weighted by molar-refractivity contribution is 0.123. The molecule has 0 amide bonds. The van der Waals surface area contributed by atoms with Gasteiger partial charge in [0.15, 0.2) is 0 Å². The Balaban J connectivity index is 2.27. The highest BCUT2D eigenvalue weighted by molar-refractivity contribution is 7.99. The number of aliphatic hydroxyl groups is 1. The molecule has 1 fully saturated rings. The van der Waals surface area contributed by atoms with Gasteiger partial charge in [0.05, 0.1) is 6.10 Å². The zero-order valence-electron chi connectivity index (χ0n) is 9.98. The fourth-order valence-corrected chi connectivity index (χ4v) is 3.04. The molecule has 1 aliphatic rings. The van der Waals surface area contributed by atoms with E-state index in [0.717, 1.165) is 5.75 Å². The molecule has 90 valence electrons. The average Bonchev–Trinajstić information content (AvgIpc) is 2.26. The molecule has 0 heterocycles. The molecule has 0 aliphatic heterocycles. The molecule has 0 aromatic heterocycles. The highest BCUT2D eigenvalue weighted by Crippen LogP contribution is 2.27. The predicted octanol–water partition coefficient (Wildman–Crippen LogP) is 2.40. The van der Waals surface area contributed by atoms with Crippen LogP contribution in [0.15, 0.2) is 0 Å². The van der Waals surface area contributed by atoms with Gasteiger partial charge in [0.1, 0.15) is 0 Å². The van der Waals surface area contributed by atoms with Crippen molar-refractivity contribution < 1.29 is 5.11 Å². The number of thioether (sulfide) groups is 1. The Hall–Kier alpha value is 0.270. The second-order valence-electron chi connectivity index (χ2n) is 4.92. The van der Waals surface area contributed by atoms with Crippen molar-refractivity contribution >= 4 is 11.8 Å². The Morgan fingerprint density at radius 3 is 2.40 bits per heavy atom. The summed E-state index contributed by atoms with van der Waals surface area (Å²) in [6.45, 7) is 4.31. The van der Waals surface area contributed by atoms with Gasteiger partial charge in [0, 0.05) is 11.8 Å². The maximum atomic E-state index is 9.97. The molecule has 3 heteroatoms. The Morgan fingerprint density at radius 2 is 1.87 bits per heavy atom. The first-order valence-electron chi connectivity index (χ1n) is 6.16. The van der Waals surface area contributed by atoms with Gasteiger partial charge in [0.2, 0.25) is 0 Å². The molecule has 0 bridgehead atoms. The van der Waals surface area contributed by atoms with Gasteiger partial charge >= 0.3 is 0 Å². The van der Waals surface area contributed by atoms with Crippen LogP contribution in [0, 0.1) is 5.92 Å². The highest BCUT2D eigenvalue weighted by Gasteiger charge is 2.26. The van der Waals surface area contributed by atoms with Crippen molar-refractivity contribution in [3.63, 3.8) is 0 Å². The minimum absolute atomic E-state index is 0.00319. The molecule has 0 aromatic rings. The van der Waals surface area contributed by atoms with Crippen molar-refractivity contribution in [1.82, 2.24) is 0 Å². The fraction of sp³-hybridized carbons (Fsp3) is 1.00. The summed E-state index contributed by atoms with van der Waals surface area (Å²) >= 11 is 1.80. The molecule has 2 nitrogen and oxygen atoms in total. The Kier molecular flexibility index (Phi) is 6.02. The van der Waals surface area contributed by atoms with E-state index in [0.29, 0.717) is 11.2 Å². The van der Waals surface area contributed by atoms with E-state index in [1.165, 1.54) is 32.1 Å². The monoisotopic (exact) mass is 231 g/mol. The maximum absolute atomic E-state index is 9.97. The van der Waals surface area contributed by atoms with Gasteiger partial charge in [-0.2, -0.15) is 11.8 Å². The third kappa shape index (κ3) is 4.75. The number of aliphatic hydroxyl groups excluding tert-OH is 1. The van der Waals surface area contributed by atoms with Crippen LogP contribution in [0.5, 0.6) is 0 Å². The molecule has 0 radical (unpaired) electrons. The third-order valence-corrected chi connectivity index (χ3v) is 4.44. The summed E-state index contributed by atoms with van der Waals surface area (Å²) in [6.07, 6.45) is 6.04. The fourth-order valence-electron chi connectivity index (χ4n) is 2.24. The lowest BCUT2D eigenvalue weighted by atomic mass is 9.82. The molecule has 1 aliphatic carbocycles. The number of nitrogens with two attached hydrogens (primary N) is 1. The van der Waals surface area contributed by atoms with E-state index < -0.39 is 0 Å². The van der Waals surface area contributed by atoms with E-state index in [4.69, 9.17) is 5.73 Å².